The van der Waals surface area contributed by atoms with Gasteiger partial charge in [-0.2, -0.15) is 8.78 Å². The maximum Gasteiger partial charge on any atom is 0.314 e. The largest absolute Gasteiger partial charge is 0.481 e. The molecule has 1 aliphatic rings. The van der Waals surface area contributed by atoms with Crippen LogP contribution in [0.2, 0.25) is 0 Å². The van der Waals surface area contributed by atoms with Crippen molar-refractivity contribution in [1.29, 1.82) is 0 Å². The summed E-state index contributed by atoms with van der Waals surface area (Å²) < 4.78 is 51.6. The molecule has 0 fully saturated rings. The van der Waals surface area contributed by atoms with E-state index in [0.29, 0.717) is 0 Å². The third kappa shape index (κ3) is 5.27. The zero-order valence-electron chi connectivity index (χ0n) is 20.0. The van der Waals surface area contributed by atoms with Crippen molar-refractivity contribution in [3.05, 3.63) is 64.7 Å². The van der Waals surface area contributed by atoms with E-state index in [2.05, 4.69) is 25.4 Å². The number of pyridine rings is 1. The maximum absolute atomic E-state index is 16.1. The van der Waals surface area contributed by atoms with Crippen molar-refractivity contribution in [2.24, 2.45) is 5.16 Å². The minimum absolute atomic E-state index is 0.0102. The second-order valence-corrected chi connectivity index (χ2v) is 8.29. The summed E-state index contributed by atoms with van der Waals surface area (Å²) in [6, 6.07) is 6.35. The number of ether oxygens (including phenoxy) is 1. The van der Waals surface area contributed by atoms with E-state index >= 15 is 8.78 Å². The molecule has 1 aromatic carbocycles. The molecule has 5 N–H and O–H groups in total. The number of oxime groups is 1. The average Bonchev–Trinajstić information content (AvgIpc) is 2.87. The molecule has 10 nitrogen and oxygen atoms in total. The Balaban J connectivity index is 1.84. The zero-order chi connectivity index (χ0) is 26.7. The number of rotatable bonds is 8. The zero-order valence-corrected chi connectivity index (χ0v) is 20.0. The second kappa shape index (κ2) is 10.6. The minimum Gasteiger partial charge on any atom is -0.481 e. The number of nitrogens with two attached hydrogens (primary N) is 1. The summed E-state index contributed by atoms with van der Waals surface area (Å²) in [4.78, 5) is 17.3. The number of halogens is 3. The van der Waals surface area contributed by atoms with Gasteiger partial charge in [-0.15, -0.1) is 0 Å². The van der Waals surface area contributed by atoms with Gasteiger partial charge in [0.1, 0.15) is 24.2 Å². The highest BCUT2D eigenvalue weighted by atomic mass is 19.3. The number of methoxy groups -OCH3 is 1. The number of anilines is 1. The number of amidine groups is 1. The number of hydrogen-bond acceptors (Lipinski definition) is 9. The lowest BCUT2D eigenvalue weighted by molar-refractivity contribution is -0.0472. The fourth-order valence-electron chi connectivity index (χ4n) is 3.97. The Morgan fingerprint density at radius 3 is 2.73 bits per heavy atom. The molecular weight excluding hydrogens is 493 g/mol. The van der Waals surface area contributed by atoms with Gasteiger partial charge in [0.15, 0.2) is 5.84 Å². The lowest BCUT2D eigenvalue weighted by Gasteiger charge is -2.35. The Morgan fingerprint density at radius 1 is 1.22 bits per heavy atom. The molecule has 37 heavy (non-hydrogen) atoms. The van der Waals surface area contributed by atoms with Gasteiger partial charge >= 0.3 is 5.92 Å². The molecule has 3 heterocycles. The maximum atomic E-state index is 16.1. The van der Waals surface area contributed by atoms with Crippen molar-refractivity contribution in [1.82, 2.24) is 20.3 Å². The van der Waals surface area contributed by atoms with E-state index < -0.39 is 36.2 Å². The van der Waals surface area contributed by atoms with Crippen molar-refractivity contribution in [3.8, 4) is 17.1 Å². The molecule has 3 aromatic rings. The molecule has 0 bridgehead atoms. The van der Waals surface area contributed by atoms with Gasteiger partial charge in [-0.25, -0.2) is 19.3 Å². The first-order chi connectivity index (χ1) is 17.6. The molecule has 0 saturated carbocycles. The highest BCUT2D eigenvalue weighted by Crippen LogP contribution is 2.47. The molecule has 0 saturated heterocycles. The van der Waals surface area contributed by atoms with E-state index in [4.69, 9.17) is 20.4 Å². The second-order valence-electron chi connectivity index (χ2n) is 8.29. The molecule has 0 spiro atoms. The van der Waals surface area contributed by atoms with E-state index in [1.807, 2.05) is 0 Å². The number of hydrogen-bond donors (Lipinski definition) is 4. The molecule has 2 atom stereocenters. The summed E-state index contributed by atoms with van der Waals surface area (Å²) in [5.74, 6) is -4.52. The fraction of sp³-hybridized carbons (Fsp3) is 0.333. The molecule has 0 amide bonds. The number of fused-ring (bicyclic) bond motifs is 1. The standard InChI is InChI=1S/C24H25F3N6O4/c1-12-19-21(32-23(28)29-12)24(26,27)20(31-22(19)33-37-9-8-14(35)11-34)15-7-6-13(25)10-16(15)17-4-3-5-18(30-17)36-2/h3-7,10,14,20,34-35H,8-9,11H2,1-2H3,(H,31,33)(H2,28,29,32)/t14?,20-/m0/s1. The number of aliphatic hydroxyl groups is 2. The summed E-state index contributed by atoms with van der Waals surface area (Å²) in [7, 11) is 1.40. The minimum atomic E-state index is -3.64. The van der Waals surface area contributed by atoms with E-state index in [1.54, 1.807) is 18.2 Å². The van der Waals surface area contributed by atoms with E-state index in [0.717, 1.165) is 12.1 Å². The molecule has 4 rings (SSSR count). The predicted octanol–water partition coefficient (Wildman–Crippen LogP) is 2.43. The molecule has 0 radical (unpaired) electrons. The van der Waals surface area contributed by atoms with Crippen LogP contribution in [0.5, 0.6) is 5.88 Å². The van der Waals surface area contributed by atoms with Gasteiger partial charge in [0.05, 0.1) is 36.8 Å². The van der Waals surface area contributed by atoms with E-state index in [1.165, 1.54) is 20.1 Å². The van der Waals surface area contributed by atoms with Crippen LogP contribution in [0.15, 0.2) is 41.6 Å². The summed E-state index contributed by atoms with van der Waals surface area (Å²) in [6.45, 7) is 0.907. The average molecular weight is 518 g/mol. The van der Waals surface area contributed by atoms with Gasteiger partial charge in [0.2, 0.25) is 11.8 Å². The fourth-order valence-corrected chi connectivity index (χ4v) is 3.97. The Morgan fingerprint density at radius 2 is 2.00 bits per heavy atom. The molecule has 0 aliphatic carbocycles. The van der Waals surface area contributed by atoms with Crippen molar-refractivity contribution < 1.29 is 33.0 Å². The van der Waals surface area contributed by atoms with Crippen molar-refractivity contribution in [3.63, 3.8) is 0 Å². The lowest BCUT2D eigenvalue weighted by Crippen LogP contribution is -2.47. The van der Waals surface area contributed by atoms with Crippen LogP contribution < -0.4 is 15.8 Å². The van der Waals surface area contributed by atoms with Crippen LogP contribution in [-0.4, -0.2) is 57.4 Å². The van der Waals surface area contributed by atoms with Crippen LogP contribution in [0.25, 0.3) is 11.3 Å². The predicted molar refractivity (Wildman–Crippen MR) is 127 cm³/mol. The van der Waals surface area contributed by atoms with Crippen molar-refractivity contribution in [2.45, 2.75) is 31.4 Å². The molecule has 2 aromatic heterocycles. The summed E-state index contributed by atoms with van der Waals surface area (Å²) >= 11 is 0. The quantitative estimate of drug-likeness (QED) is 0.261. The van der Waals surface area contributed by atoms with E-state index in [9.17, 15) is 9.50 Å². The SMILES string of the molecule is COc1cccc(-c2cc(F)ccc2[C@@H]2N/C(=N\OCCC(O)CO)c3c(C)nc(N)nc3C2(F)F)n1. The number of aliphatic hydroxyl groups excluding tert-OH is 2. The molecule has 196 valence electrons. The van der Waals surface area contributed by atoms with Crippen LogP contribution in [0, 0.1) is 12.7 Å². The summed E-state index contributed by atoms with van der Waals surface area (Å²) in [6.07, 6.45) is -0.966. The number of alkyl halides is 2. The first-order valence-corrected chi connectivity index (χ1v) is 11.2. The third-order valence-corrected chi connectivity index (χ3v) is 5.75. The molecule has 13 heteroatoms. The van der Waals surface area contributed by atoms with Crippen molar-refractivity contribution >= 4 is 11.8 Å². The Bertz CT molecular complexity index is 1320. The van der Waals surface area contributed by atoms with E-state index in [-0.39, 0.29) is 58.8 Å². The van der Waals surface area contributed by atoms with Gasteiger partial charge in [0.25, 0.3) is 0 Å². The summed E-state index contributed by atoms with van der Waals surface area (Å²) in [5.41, 5.74) is 5.40. The number of benzene rings is 1. The first kappa shape index (κ1) is 26.1. The normalized spacial score (nSPS) is 18.1. The summed E-state index contributed by atoms with van der Waals surface area (Å²) in [5, 5.41) is 25.1. The number of aromatic nitrogens is 3. The van der Waals surface area contributed by atoms with Crippen LogP contribution in [-0.2, 0) is 10.8 Å². The van der Waals surface area contributed by atoms with Gasteiger partial charge in [-0.1, -0.05) is 17.3 Å². The van der Waals surface area contributed by atoms with Gasteiger partial charge in [0, 0.05) is 18.1 Å². The highest BCUT2D eigenvalue weighted by Gasteiger charge is 2.52. The Kier molecular flexibility index (Phi) is 7.45. The van der Waals surface area contributed by atoms with Crippen LogP contribution in [0.4, 0.5) is 19.1 Å². The third-order valence-electron chi connectivity index (χ3n) is 5.75. The molecule has 1 aliphatic heterocycles. The van der Waals surface area contributed by atoms with Crippen LogP contribution >= 0.6 is 0 Å². The topological polar surface area (TPSA) is 148 Å². The van der Waals surface area contributed by atoms with Crippen molar-refractivity contribution in [2.75, 3.05) is 26.1 Å². The first-order valence-electron chi connectivity index (χ1n) is 11.2. The Labute approximate surface area is 210 Å². The number of nitrogens with one attached hydrogen (secondary N) is 1. The van der Waals surface area contributed by atoms with Crippen LogP contribution in [0.1, 0.15) is 35.0 Å². The molecule has 1 unspecified atom stereocenters. The van der Waals surface area contributed by atoms with Gasteiger partial charge in [-0.05, 0) is 30.7 Å². The van der Waals surface area contributed by atoms with Gasteiger partial charge < -0.3 is 30.8 Å². The Hall–Kier alpha value is -3.97. The molecular formula is C24H25F3N6O4. The number of nitrogens with zero attached hydrogens (tertiary/aromatic N) is 4. The van der Waals surface area contributed by atoms with Gasteiger partial charge in [-0.3, -0.25) is 0 Å². The smallest absolute Gasteiger partial charge is 0.314 e. The monoisotopic (exact) mass is 518 g/mol. The number of nitrogen functional groups attached to an aromatic ring is 1. The lowest BCUT2D eigenvalue weighted by atomic mass is 9.87. The highest BCUT2D eigenvalue weighted by molar-refractivity contribution is 6.02. The number of aryl methyl sites for hydroxylation is 1. The van der Waals surface area contributed by atoms with Crippen LogP contribution in [0.3, 0.4) is 0 Å².